The average molecular weight is 394 g/mol. The van der Waals surface area contributed by atoms with Crippen LogP contribution in [0.15, 0.2) is 47.5 Å². The van der Waals surface area contributed by atoms with Crippen molar-refractivity contribution < 1.29 is 4.74 Å². The highest BCUT2D eigenvalue weighted by molar-refractivity contribution is 5.90. The normalized spacial score (nSPS) is 14.0. The number of rotatable bonds is 10. The lowest BCUT2D eigenvalue weighted by Crippen LogP contribution is -2.20. The minimum absolute atomic E-state index is 0.134. The maximum absolute atomic E-state index is 6.53. The van der Waals surface area contributed by atoms with Gasteiger partial charge in [0.15, 0.2) is 0 Å². The number of nitrogens with zero attached hydrogens (tertiary/aromatic N) is 1. The van der Waals surface area contributed by atoms with Crippen LogP contribution >= 0.6 is 0 Å². The second-order valence-electron chi connectivity index (χ2n) is 9.06. The van der Waals surface area contributed by atoms with Gasteiger partial charge in [-0.2, -0.15) is 0 Å². The predicted octanol–water partition coefficient (Wildman–Crippen LogP) is 7.72. The molecule has 2 nitrogen and oxygen atoms in total. The van der Waals surface area contributed by atoms with Gasteiger partial charge in [-0.3, -0.25) is 4.99 Å². The van der Waals surface area contributed by atoms with Gasteiger partial charge in [-0.15, -0.1) is 0 Å². The lowest BCUT2D eigenvalue weighted by molar-refractivity contribution is 0.171. The van der Waals surface area contributed by atoms with Crippen molar-refractivity contribution in [3.63, 3.8) is 0 Å². The molecule has 0 saturated heterocycles. The lowest BCUT2D eigenvalue weighted by Gasteiger charge is -2.23. The molecule has 0 aliphatic carbocycles. The molecule has 0 heterocycles. The molecule has 0 N–H and O–H groups in total. The molecule has 0 radical (unpaired) electrons. The first kappa shape index (κ1) is 23.2. The summed E-state index contributed by atoms with van der Waals surface area (Å²) in [5.74, 6) is 2.16. The van der Waals surface area contributed by atoms with Crippen molar-refractivity contribution in [3.8, 4) is 16.9 Å². The summed E-state index contributed by atoms with van der Waals surface area (Å²) in [5, 5.41) is 0. The Morgan fingerprint density at radius 2 is 1.59 bits per heavy atom. The van der Waals surface area contributed by atoms with Crippen molar-refractivity contribution in [2.24, 2.45) is 16.8 Å². The third kappa shape index (κ3) is 7.03. The summed E-state index contributed by atoms with van der Waals surface area (Å²) in [5.41, 5.74) is 4.62. The molecule has 0 bridgehead atoms. The molecule has 2 aromatic carbocycles. The summed E-state index contributed by atoms with van der Waals surface area (Å²) in [6.07, 6.45) is 5.81. The fourth-order valence-corrected chi connectivity index (χ4v) is 3.25. The van der Waals surface area contributed by atoms with E-state index in [1.165, 1.54) is 24.0 Å². The largest absolute Gasteiger partial charge is 0.489 e. The zero-order chi connectivity index (χ0) is 21.4. The second kappa shape index (κ2) is 11.2. The minimum atomic E-state index is 0.134. The van der Waals surface area contributed by atoms with E-state index in [-0.39, 0.29) is 6.10 Å². The van der Waals surface area contributed by atoms with Crippen molar-refractivity contribution in [2.75, 3.05) is 0 Å². The molecule has 0 aliphatic rings. The van der Waals surface area contributed by atoms with E-state index < -0.39 is 0 Å². The highest BCUT2D eigenvalue weighted by Crippen LogP contribution is 2.36. The van der Waals surface area contributed by atoms with E-state index >= 15 is 0 Å². The molecule has 0 aliphatic heterocycles. The Morgan fingerprint density at radius 3 is 2.21 bits per heavy atom. The molecular formula is C27H39NO. The molecule has 2 rings (SSSR count). The van der Waals surface area contributed by atoms with Crippen molar-refractivity contribution in [3.05, 3.63) is 53.6 Å². The molecular weight excluding hydrogens is 354 g/mol. The van der Waals surface area contributed by atoms with Crippen LogP contribution in [0.3, 0.4) is 0 Å². The van der Waals surface area contributed by atoms with Crippen LogP contribution in [0.1, 0.15) is 71.9 Å². The van der Waals surface area contributed by atoms with Gasteiger partial charge >= 0.3 is 0 Å². The van der Waals surface area contributed by atoms with E-state index in [9.17, 15) is 0 Å². The Bertz CT molecular complexity index is 777. The predicted molar refractivity (Wildman–Crippen MR) is 127 cm³/mol. The summed E-state index contributed by atoms with van der Waals surface area (Å²) in [7, 11) is 0. The zero-order valence-electron chi connectivity index (χ0n) is 19.4. The average Bonchev–Trinajstić information content (AvgIpc) is 2.68. The molecule has 0 aromatic heterocycles. The standard InChI is InChI=1S/C27H39NO/c1-19(2)12-11-13-22(6)28-18-26-21(5)16-17-25(24-14-9-8-10-15-24)27(26)29-23(7)20(3)4/h8-10,14-20,22-23H,11-13H2,1-7H3/t22?,23-/m1/s1. The Hall–Kier alpha value is -2.09. The SMILES string of the molecule is Cc1ccc(-c2ccccc2)c(O[C@H](C)C(C)C)c1C=NC(C)CCCC(C)C. The Morgan fingerprint density at radius 1 is 0.897 bits per heavy atom. The van der Waals surface area contributed by atoms with Crippen LogP contribution in [0.4, 0.5) is 0 Å². The van der Waals surface area contributed by atoms with Crippen LogP contribution in [0, 0.1) is 18.8 Å². The van der Waals surface area contributed by atoms with Gasteiger partial charge in [-0.05, 0) is 50.2 Å². The van der Waals surface area contributed by atoms with E-state index in [4.69, 9.17) is 9.73 Å². The minimum Gasteiger partial charge on any atom is -0.489 e. The maximum Gasteiger partial charge on any atom is 0.136 e. The van der Waals surface area contributed by atoms with Crippen molar-refractivity contribution in [1.29, 1.82) is 0 Å². The van der Waals surface area contributed by atoms with Gasteiger partial charge in [0, 0.05) is 23.4 Å². The van der Waals surface area contributed by atoms with Gasteiger partial charge in [-0.25, -0.2) is 0 Å². The van der Waals surface area contributed by atoms with Gasteiger partial charge in [0.05, 0.1) is 6.10 Å². The van der Waals surface area contributed by atoms with Gasteiger partial charge < -0.3 is 4.74 Å². The highest BCUT2D eigenvalue weighted by atomic mass is 16.5. The van der Waals surface area contributed by atoms with Crippen LogP contribution in [-0.4, -0.2) is 18.4 Å². The lowest BCUT2D eigenvalue weighted by atomic mass is 9.97. The zero-order valence-corrected chi connectivity index (χ0v) is 19.4. The Labute approximate surface area is 178 Å². The van der Waals surface area contributed by atoms with Crippen molar-refractivity contribution >= 4 is 6.21 Å². The summed E-state index contributed by atoms with van der Waals surface area (Å²) in [4.78, 5) is 4.89. The topological polar surface area (TPSA) is 21.6 Å². The molecule has 0 spiro atoms. The highest BCUT2D eigenvalue weighted by Gasteiger charge is 2.18. The first-order chi connectivity index (χ1) is 13.8. The fourth-order valence-electron chi connectivity index (χ4n) is 3.25. The monoisotopic (exact) mass is 393 g/mol. The molecule has 158 valence electrons. The van der Waals surface area contributed by atoms with E-state index in [0.717, 1.165) is 29.2 Å². The van der Waals surface area contributed by atoms with Crippen molar-refractivity contribution in [2.45, 2.75) is 79.9 Å². The van der Waals surface area contributed by atoms with Crippen LogP contribution in [-0.2, 0) is 0 Å². The first-order valence-electron chi connectivity index (χ1n) is 11.2. The molecule has 1 unspecified atom stereocenters. The Balaban J connectivity index is 2.37. The molecule has 29 heavy (non-hydrogen) atoms. The molecule has 2 atom stereocenters. The number of ether oxygens (including phenoxy) is 1. The maximum atomic E-state index is 6.53. The quantitative estimate of drug-likeness (QED) is 0.379. The third-order valence-electron chi connectivity index (χ3n) is 5.60. The number of benzene rings is 2. The summed E-state index contributed by atoms with van der Waals surface area (Å²) in [6, 6.07) is 15.2. The van der Waals surface area contributed by atoms with E-state index in [1.807, 2.05) is 6.21 Å². The number of hydrogen-bond acceptors (Lipinski definition) is 2. The second-order valence-corrected chi connectivity index (χ2v) is 9.06. The summed E-state index contributed by atoms with van der Waals surface area (Å²) >= 11 is 0. The van der Waals surface area contributed by atoms with Crippen LogP contribution in [0.2, 0.25) is 0 Å². The number of aliphatic imine (C=N–C) groups is 1. The number of aryl methyl sites for hydroxylation is 1. The first-order valence-corrected chi connectivity index (χ1v) is 11.2. The fraction of sp³-hybridized carbons (Fsp3) is 0.519. The van der Waals surface area contributed by atoms with Crippen LogP contribution < -0.4 is 4.74 Å². The van der Waals surface area contributed by atoms with Gasteiger partial charge in [0.2, 0.25) is 0 Å². The van der Waals surface area contributed by atoms with E-state index in [0.29, 0.717) is 12.0 Å². The van der Waals surface area contributed by atoms with Gasteiger partial charge in [0.25, 0.3) is 0 Å². The van der Waals surface area contributed by atoms with Gasteiger partial charge in [-0.1, -0.05) is 83.0 Å². The van der Waals surface area contributed by atoms with E-state index in [2.05, 4.69) is 90.9 Å². The smallest absolute Gasteiger partial charge is 0.136 e. The molecule has 2 heteroatoms. The third-order valence-corrected chi connectivity index (χ3v) is 5.60. The molecule has 0 amide bonds. The van der Waals surface area contributed by atoms with Crippen LogP contribution in [0.5, 0.6) is 5.75 Å². The molecule has 0 fully saturated rings. The Kier molecular flexibility index (Phi) is 8.95. The van der Waals surface area contributed by atoms with Crippen LogP contribution in [0.25, 0.3) is 11.1 Å². The molecule has 2 aromatic rings. The number of hydrogen-bond donors (Lipinski definition) is 0. The van der Waals surface area contributed by atoms with Crippen molar-refractivity contribution in [1.82, 2.24) is 0 Å². The summed E-state index contributed by atoms with van der Waals surface area (Å²) in [6.45, 7) is 15.5. The van der Waals surface area contributed by atoms with Gasteiger partial charge in [0.1, 0.15) is 5.75 Å². The van der Waals surface area contributed by atoms with E-state index in [1.54, 1.807) is 0 Å². The summed E-state index contributed by atoms with van der Waals surface area (Å²) < 4.78 is 6.53. The molecule has 0 saturated carbocycles.